The molecule has 0 aliphatic carbocycles. The molecule has 2 rings (SSSR count). The Labute approximate surface area is 168 Å². The summed E-state index contributed by atoms with van der Waals surface area (Å²) in [7, 11) is -7.40. The van der Waals surface area contributed by atoms with Crippen LogP contribution < -0.4 is 0 Å². The van der Waals surface area contributed by atoms with E-state index in [2.05, 4.69) is 15.9 Å². The van der Waals surface area contributed by atoms with Crippen LogP contribution in [0, 0.1) is 5.92 Å². The summed E-state index contributed by atoms with van der Waals surface area (Å²) in [4.78, 5) is 0. The summed E-state index contributed by atoms with van der Waals surface area (Å²) in [6.45, 7) is -0.426. The number of halogens is 1. The predicted molar refractivity (Wildman–Crippen MR) is 108 cm³/mol. The summed E-state index contributed by atoms with van der Waals surface area (Å²) in [5.41, 5.74) is 1.77. The van der Waals surface area contributed by atoms with Crippen LogP contribution in [0.15, 0.2) is 59.1 Å². The van der Waals surface area contributed by atoms with Crippen molar-refractivity contribution in [1.29, 1.82) is 0 Å². The van der Waals surface area contributed by atoms with Crippen molar-refractivity contribution in [2.45, 2.75) is 5.92 Å². The molecule has 0 aromatic heterocycles. The van der Waals surface area contributed by atoms with E-state index in [1.165, 1.54) is 0 Å². The van der Waals surface area contributed by atoms with Gasteiger partial charge in [0.1, 0.15) is 0 Å². The Kier molecular flexibility index (Phi) is 7.58. The highest BCUT2D eigenvalue weighted by atomic mass is 79.9. The van der Waals surface area contributed by atoms with Crippen molar-refractivity contribution >= 4 is 36.2 Å². The van der Waals surface area contributed by atoms with Gasteiger partial charge in [-0.25, -0.2) is 0 Å². The van der Waals surface area contributed by atoms with Crippen LogP contribution in [0.1, 0.15) is 17.0 Å². The molecule has 0 unspecified atom stereocenters. The Bertz CT molecular complexity index is 922. The van der Waals surface area contributed by atoms with Crippen molar-refractivity contribution in [3.05, 3.63) is 70.2 Å². The minimum absolute atomic E-state index is 0.213. The molecule has 0 saturated heterocycles. The maximum Gasteiger partial charge on any atom is 0.264 e. The van der Waals surface area contributed by atoms with Crippen LogP contribution in [0.3, 0.4) is 0 Å². The molecule has 1 atom stereocenters. The lowest BCUT2D eigenvalue weighted by molar-refractivity contribution is 0.173. The van der Waals surface area contributed by atoms with Gasteiger partial charge in [0.05, 0.1) is 25.7 Å². The average molecular weight is 477 g/mol. The third-order valence-corrected chi connectivity index (χ3v) is 5.71. The first-order valence-electron chi connectivity index (χ1n) is 8.05. The summed E-state index contributed by atoms with van der Waals surface area (Å²) in [6, 6.07) is 16.9. The van der Waals surface area contributed by atoms with E-state index in [0.29, 0.717) is 0 Å². The standard InChI is InChI=1S/C18H21BrO6S2/c1-26(20,21)24-12-15(13-25-27(2,22)23)18(14-8-4-3-5-9-14)16-10-6-7-11-17(16)19/h3-11,15,18H,12-13H2,1-2H3/t18-/m1/s1. The first kappa shape index (κ1) is 22.0. The first-order chi connectivity index (χ1) is 12.6. The molecule has 0 bridgehead atoms. The summed E-state index contributed by atoms with van der Waals surface area (Å²) in [5.74, 6) is -0.902. The Morgan fingerprint density at radius 2 is 1.30 bits per heavy atom. The minimum Gasteiger partial charge on any atom is -0.270 e. The molecule has 0 amide bonds. The highest BCUT2D eigenvalue weighted by molar-refractivity contribution is 9.10. The maximum absolute atomic E-state index is 11.5. The molecule has 0 heterocycles. The lowest BCUT2D eigenvalue weighted by Crippen LogP contribution is -2.27. The van der Waals surface area contributed by atoms with E-state index in [1.54, 1.807) is 0 Å². The van der Waals surface area contributed by atoms with E-state index in [9.17, 15) is 16.8 Å². The van der Waals surface area contributed by atoms with E-state index in [1.807, 2.05) is 54.6 Å². The first-order valence-corrected chi connectivity index (χ1v) is 12.5. The Morgan fingerprint density at radius 3 is 1.78 bits per heavy atom. The van der Waals surface area contributed by atoms with Crippen molar-refractivity contribution in [1.82, 2.24) is 0 Å². The van der Waals surface area contributed by atoms with Crippen molar-refractivity contribution < 1.29 is 25.2 Å². The number of rotatable bonds is 9. The monoisotopic (exact) mass is 476 g/mol. The Balaban J connectivity index is 2.49. The quantitative estimate of drug-likeness (QED) is 0.516. The van der Waals surface area contributed by atoms with Gasteiger partial charge in [0.15, 0.2) is 0 Å². The van der Waals surface area contributed by atoms with E-state index in [-0.39, 0.29) is 19.1 Å². The van der Waals surface area contributed by atoms with E-state index in [0.717, 1.165) is 28.1 Å². The maximum atomic E-state index is 11.5. The zero-order valence-electron chi connectivity index (χ0n) is 14.9. The summed E-state index contributed by atoms with van der Waals surface area (Å²) in [5, 5.41) is 0. The van der Waals surface area contributed by atoms with Gasteiger partial charge < -0.3 is 0 Å². The van der Waals surface area contributed by atoms with E-state index >= 15 is 0 Å². The van der Waals surface area contributed by atoms with Gasteiger partial charge in [0.2, 0.25) is 0 Å². The normalized spacial score (nSPS) is 13.6. The van der Waals surface area contributed by atoms with Crippen molar-refractivity contribution in [2.75, 3.05) is 25.7 Å². The lowest BCUT2D eigenvalue weighted by atomic mass is 9.81. The Hall–Kier alpha value is -1.26. The van der Waals surface area contributed by atoms with Crippen molar-refractivity contribution in [3.8, 4) is 0 Å². The highest BCUT2D eigenvalue weighted by Crippen LogP contribution is 2.37. The van der Waals surface area contributed by atoms with Gasteiger partial charge in [-0.1, -0.05) is 64.5 Å². The molecule has 2 aromatic carbocycles. The molecular weight excluding hydrogens is 456 g/mol. The molecule has 0 N–H and O–H groups in total. The molecule has 0 fully saturated rings. The van der Waals surface area contributed by atoms with Gasteiger partial charge in [-0.05, 0) is 17.2 Å². The minimum atomic E-state index is -3.70. The van der Waals surface area contributed by atoms with Gasteiger partial charge in [-0.15, -0.1) is 0 Å². The predicted octanol–water partition coefficient (Wildman–Crippen LogP) is 3.15. The van der Waals surface area contributed by atoms with Gasteiger partial charge in [-0.2, -0.15) is 16.8 Å². The zero-order valence-corrected chi connectivity index (χ0v) is 18.1. The van der Waals surface area contributed by atoms with Gasteiger partial charge in [0.25, 0.3) is 20.2 Å². The summed E-state index contributed by atoms with van der Waals surface area (Å²) >= 11 is 3.53. The Morgan fingerprint density at radius 1 is 0.815 bits per heavy atom. The van der Waals surface area contributed by atoms with Crippen molar-refractivity contribution in [2.24, 2.45) is 5.92 Å². The fraction of sp³-hybridized carbons (Fsp3) is 0.333. The molecule has 0 spiro atoms. The average Bonchev–Trinajstić information content (AvgIpc) is 2.58. The number of benzene rings is 2. The second-order valence-electron chi connectivity index (χ2n) is 6.15. The molecule has 9 heteroatoms. The molecule has 0 radical (unpaired) electrons. The molecular formula is C18H21BrO6S2. The number of hydrogen-bond acceptors (Lipinski definition) is 6. The van der Waals surface area contributed by atoms with Gasteiger partial charge in [0, 0.05) is 16.3 Å². The van der Waals surface area contributed by atoms with Gasteiger partial charge >= 0.3 is 0 Å². The lowest BCUT2D eigenvalue weighted by Gasteiger charge is -2.28. The largest absolute Gasteiger partial charge is 0.270 e. The fourth-order valence-corrected chi connectivity index (χ4v) is 4.13. The highest BCUT2D eigenvalue weighted by Gasteiger charge is 2.29. The van der Waals surface area contributed by atoms with Crippen LogP contribution in [-0.2, 0) is 28.6 Å². The third-order valence-electron chi connectivity index (χ3n) is 3.86. The van der Waals surface area contributed by atoms with Crippen LogP contribution in [0.25, 0.3) is 0 Å². The molecule has 27 heavy (non-hydrogen) atoms. The van der Waals surface area contributed by atoms with Gasteiger partial charge in [-0.3, -0.25) is 8.37 Å². The van der Waals surface area contributed by atoms with E-state index < -0.39 is 26.2 Å². The van der Waals surface area contributed by atoms with Crippen LogP contribution >= 0.6 is 15.9 Å². The molecule has 148 valence electrons. The van der Waals surface area contributed by atoms with Crippen LogP contribution in [0.2, 0.25) is 0 Å². The number of hydrogen-bond donors (Lipinski definition) is 0. The second-order valence-corrected chi connectivity index (χ2v) is 10.3. The SMILES string of the molecule is CS(=O)(=O)OCC(COS(C)(=O)=O)[C@@H](c1ccccc1)c1ccccc1Br. The van der Waals surface area contributed by atoms with Crippen LogP contribution in [-0.4, -0.2) is 42.6 Å². The zero-order chi connectivity index (χ0) is 20.1. The van der Waals surface area contributed by atoms with Crippen LogP contribution in [0.4, 0.5) is 0 Å². The van der Waals surface area contributed by atoms with E-state index in [4.69, 9.17) is 8.37 Å². The molecule has 0 saturated carbocycles. The second kappa shape index (κ2) is 9.29. The summed E-state index contributed by atoms with van der Waals surface area (Å²) < 4.78 is 56.9. The van der Waals surface area contributed by atoms with Crippen molar-refractivity contribution in [3.63, 3.8) is 0 Å². The molecule has 6 nitrogen and oxygen atoms in total. The molecule has 0 aliphatic rings. The topological polar surface area (TPSA) is 86.7 Å². The van der Waals surface area contributed by atoms with Crippen LogP contribution in [0.5, 0.6) is 0 Å². The third kappa shape index (κ3) is 7.34. The fourth-order valence-electron chi connectivity index (χ4n) is 2.76. The molecule has 2 aromatic rings. The summed E-state index contributed by atoms with van der Waals surface area (Å²) in [6.07, 6.45) is 1.91. The molecule has 0 aliphatic heterocycles. The smallest absolute Gasteiger partial charge is 0.264 e.